The van der Waals surface area contributed by atoms with Gasteiger partial charge < -0.3 is 19.5 Å². The van der Waals surface area contributed by atoms with Crippen molar-refractivity contribution < 1.29 is 29.0 Å². The number of amides is 2. The Bertz CT molecular complexity index is 629. The van der Waals surface area contributed by atoms with Crippen LogP contribution in [0.1, 0.15) is 29.3 Å². The normalized spacial score (nSPS) is 12.7. The van der Waals surface area contributed by atoms with E-state index in [1.165, 1.54) is 0 Å². The lowest BCUT2D eigenvalue weighted by Crippen LogP contribution is -2.41. The largest absolute Gasteiger partial charge is 0.382 e. The van der Waals surface area contributed by atoms with Crippen molar-refractivity contribution in [3.8, 4) is 6.07 Å². The van der Waals surface area contributed by atoms with E-state index in [1.54, 1.807) is 43.8 Å². The zero-order valence-electron chi connectivity index (χ0n) is 15.4. The standard InChI is InChI=1S/C18H25N3O6/c1-13(17(22)21-24)9-16(11-27-12-26-8-7-25-2)20-18(23)15-5-3-14(10-19)4-6-15/h3-6,13,16,24H,7-9,11-12H2,1-2H3,(H,20,23)(H,21,22). The number of benzene rings is 1. The minimum absolute atomic E-state index is 0.0210. The summed E-state index contributed by atoms with van der Waals surface area (Å²) in [7, 11) is 1.56. The van der Waals surface area contributed by atoms with Crippen LogP contribution in [0.3, 0.4) is 0 Å². The summed E-state index contributed by atoms with van der Waals surface area (Å²) in [6.45, 7) is 2.59. The van der Waals surface area contributed by atoms with Crippen LogP contribution in [0.4, 0.5) is 0 Å². The maximum absolute atomic E-state index is 12.4. The van der Waals surface area contributed by atoms with Crippen molar-refractivity contribution in [2.45, 2.75) is 19.4 Å². The molecule has 0 aliphatic carbocycles. The van der Waals surface area contributed by atoms with E-state index in [9.17, 15) is 9.59 Å². The average Bonchev–Trinajstić information content (AvgIpc) is 2.69. The highest BCUT2D eigenvalue weighted by molar-refractivity contribution is 5.94. The zero-order chi connectivity index (χ0) is 20.1. The van der Waals surface area contributed by atoms with E-state index >= 15 is 0 Å². The first-order valence-corrected chi connectivity index (χ1v) is 8.41. The van der Waals surface area contributed by atoms with Crippen LogP contribution < -0.4 is 10.8 Å². The highest BCUT2D eigenvalue weighted by Crippen LogP contribution is 2.09. The van der Waals surface area contributed by atoms with E-state index in [0.717, 1.165) is 0 Å². The van der Waals surface area contributed by atoms with Gasteiger partial charge in [-0.2, -0.15) is 5.26 Å². The van der Waals surface area contributed by atoms with E-state index in [2.05, 4.69) is 5.32 Å². The second-order valence-corrected chi connectivity index (χ2v) is 5.86. The van der Waals surface area contributed by atoms with Crippen molar-refractivity contribution >= 4 is 11.8 Å². The lowest BCUT2D eigenvalue weighted by Gasteiger charge is -2.21. The Labute approximate surface area is 158 Å². The highest BCUT2D eigenvalue weighted by Gasteiger charge is 2.21. The number of carbonyl (C=O) groups excluding carboxylic acids is 2. The number of nitrogens with zero attached hydrogens (tertiary/aromatic N) is 1. The number of rotatable bonds is 12. The summed E-state index contributed by atoms with van der Waals surface area (Å²) < 4.78 is 15.5. The van der Waals surface area contributed by atoms with Gasteiger partial charge in [0, 0.05) is 18.6 Å². The predicted octanol–water partition coefficient (Wildman–Crippen LogP) is 0.825. The molecule has 0 bridgehead atoms. The molecule has 0 aromatic heterocycles. The number of methoxy groups -OCH3 is 1. The lowest BCUT2D eigenvalue weighted by molar-refractivity contribution is -0.133. The Morgan fingerprint density at radius 3 is 2.52 bits per heavy atom. The van der Waals surface area contributed by atoms with E-state index in [-0.39, 0.29) is 25.7 Å². The monoisotopic (exact) mass is 379 g/mol. The van der Waals surface area contributed by atoms with Gasteiger partial charge in [-0.05, 0) is 30.7 Å². The smallest absolute Gasteiger partial charge is 0.251 e. The van der Waals surface area contributed by atoms with Crippen LogP contribution in [0.25, 0.3) is 0 Å². The van der Waals surface area contributed by atoms with Gasteiger partial charge in [-0.3, -0.25) is 14.8 Å². The summed E-state index contributed by atoms with van der Waals surface area (Å²) in [5, 5.41) is 20.4. The van der Waals surface area contributed by atoms with Crippen LogP contribution >= 0.6 is 0 Å². The van der Waals surface area contributed by atoms with Crippen LogP contribution in [0.5, 0.6) is 0 Å². The van der Waals surface area contributed by atoms with Gasteiger partial charge in [0.2, 0.25) is 5.91 Å². The minimum Gasteiger partial charge on any atom is -0.382 e. The molecular formula is C18H25N3O6. The van der Waals surface area contributed by atoms with Gasteiger partial charge >= 0.3 is 0 Å². The molecule has 2 atom stereocenters. The molecule has 0 fully saturated rings. The second kappa shape index (κ2) is 12.8. The third-order valence-corrected chi connectivity index (χ3v) is 3.72. The van der Waals surface area contributed by atoms with Gasteiger partial charge in [-0.15, -0.1) is 0 Å². The molecule has 1 aromatic rings. The van der Waals surface area contributed by atoms with Crippen molar-refractivity contribution in [2.75, 3.05) is 33.7 Å². The van der Waals surface area contributed by atoms with Crippen molar-refractivity contribution in [3.63, 3.8) is 0 Å². The molecule has 148 valence electrons. The third kappa shape index (κ3) is 8.61. The van der Waals surface area contributed by atoms with Crippen molar-refractivity contribution in [2.24, 2.45) is 5.92 Å². The van der Waals surface area contributed by atoms with Crippen LogP contribution in [0.2, 0.25) is 0 Å². The number of hydroxylamine groups is 1. The molecule has 0 aliphatic rings. The van der Waals surface area contributed by atoms with E-state index in [0.29, 0.717) is 24.3 Å². The lowest BCUT2D eigenvalue weighted by atomic mass is 10.0. The molecular weight excluding hydrogens is 354 g/mol. The van der Waals surface area contributed by atoms with Gasteiger partial charge in [0.1, 0.15) is 6.79 Å². The van der Waals surface area contributed by atoms with Crippen molar-refractivity contribution in [3.05, 3.63) is 35.4 Å². The van der Waals surface area contributed by atoms with E-state index < -0.39 is 17.9 Å². The Morgan fingerprint density at radius 2 is 1.93 bits per heavy atom. The van der Waals surface area contributed by atoms with Gasteiger partial charge in [0.05, 0.1) is 37.5 Å². The summed E-state index contributed by atoms with van der Waals surface area (Å²) in [6, 6.07) is 7.69. The number of ether oxygens (including phenoxy) is 3. The number of nitriles is 1. The molecule has 9 nitrogen and oxygen atoms in total. The number of nitrogens with one attached hydrogen (secondary N) is 2. The Hall–Kier alpha value is -2.51. The molecule has 1 aromatic carbocycles. The van der Waals surface area contributed by atoms with Gasteiger partial charge in [-0.1, -0.05) is 6.92 Å². The molecule has 9 heteroatoms. The van der Waals surface area contributed by atoms with Crippen molar-refractivity contribution in [1.82, 2.24) is 10.8 Å². The summed E-state index contributed by atoms with van der Waals surface area (Å²) in [6.07, 6.45) is 0.256. The Morgan fingerprint density at radius 1 is 1.22 bits per heavy atom. The Kier molecular flexibility index (Phi) is 10.7. The van der Waals surface area contributed by atoms with Crippen molar-refractivity contribution in [1.29, 1.82) is 5.26 Å². The van der Waals surface area contributed by atoms with Crippen LogP contribution in [-0.2, 0) is 19.0 Å². The number of carbonyl (C=O) groups is 2. The average molecular weight is 379 g/mol. The molecule has 0 saturated heterocycles. The molecule has 27 heavy (non-hydrogen) atoms. The van der Waals surface area contributed by atoms with Gasteiger partial charge in [0.15, 0.2) is 0 Å². The summed E-state index contributed by atoms with van der Waals surface area (Å²) in [5.41, 5.74) is 2.43. The molecule has 3 N–H and O–H groups in total. The molecule has 2 amide bonds. The topological polar surface area (TPSA) is 130 Å². The summed E-state index contributed by atoms with van der Waals surface area (Å²) >= 11 is 0. The zero-order valence-corrected chi connectivity index (χ0v) is 15.4. The van der Waals surface area contributed by atoms with Crippen LogP contribution in [-0.4, -0.2) is 56.8 Å². The van der Waals surface area contributed by atoms with E-state index in [1.807, 2.05) is 6.07 Å². The molecule has 0 radical (unpaired) electrons. The minimum atomic E-state index is -0.552. The highest BCUT2D eigenvalue weighted by atomic mass is 16.7. The fourth-order valence-electron chi connectivity index (χ4n) is 2.23. The van der Waals surface area contributed by atoms with Gasteiger partial charge in [0.25, 0.3) is 5.91 Å². The molecule has 0 heterocycles. The maximum atomic E-state index is 12.4. The third-order valence-electron chi connectivity index (χ3n) is 3.72. The predicted molar refractivity (Wildman–Crippen MR) is 94.8 cm³/mol. The summed E-state index contributed by atoms with van der Waals surface area (Å²) in [4.78, 5) is 23.9. The molecule has 0 saturated carbocycles. The summed E-state index contributed by atoms with van der Waals surface area (Å²) in [5.74, 6) is -1.45. The molecule has 0 aliphatic heterocycles. The van der Waals surface area contributed by atoms with E-state index in [4.69, 9.17) is 24.7 Å². The number of hydrogen-bond acceptors (Lipinski definition) is 7. The molecule has 0 spiro atoms. The number of hydrogen-bond donors (Lipinski definition) is 3. The molecule has 1 rings (SSSR count). The van der Waals surface area contributed by atoms with Crippen LogP contribution in [0.15, 0.2) is 24.3 Å². The fourth-order valence-corrected chi connectivity index (χ4v) is 2.23. The SMILES string of the molecule is COCCOCOCC(CC(C)C(=O)NO)NC(=O)c1ccc(C#N)cc1. The Balaban J connectivity index is 2.63. The van der Waals surface area contributed by atoms with Gasteiger partial charge in [-0.25, -0.2) is 5.48 Å². The first kappa shape index (κ1) is 22.5. The second-order valence-electron chi connectivity index (χ2n) is 5.86. The maximum Gasteiger partial charge on any atom is 0.251 e. The van der Waals surface area contributed by atoms with Crippen LogP contribution in [0, 0.1) is 17.2 Å². The quantitative estimate of drug-likeness (QED) is 0.212. The first-order valence-electron chi connectivity index (χ1n) is 8.41. The molecule has 2 unspecified atom stereocenters. The first-order chi connectivity index (χ1) is 13.0. The fraction of sp³-hybridized carbons (Fsp3) is 0.500.